The highest BCUT2D eigenvalue weighted by Gasteiger charge is 2.18. The summed E-state index contributed by atoms with van der Waals surface area (Å²) in [5, 5.41) is 8.45. The molecule has 0 radical (unpaired) electrons. The zero-order chi connectivity index (χ0) is 11.4. The van der Waals surface area contributed by atoms with Gasteiger partial charge in [-0.15, -0.1) is 0 Å². The summed E-state index contributed by atoms with van der Waals surface area (Å²) in [7, 11) is 0. The zero-order valence-electron chi connectivity index (χ0n) is 8.86. The van der Waals surface area contributed by atoms with Crippen LogP contribution in [0.4, 0.5) is 0 Å². The first-order chi connectivity index (χ1) is 6.22. The van der Waals surface area contributed by atoms with Crippen molar-refractivity contribution in [2.24, 2.45) is 0 Å². The molecule has 14 heavy (non-hydrogen) atoms. The van der Waals surface area contributed by atoms with Crippen LogP contribution in [0.15, 0.2) is 0 Å². The van der Waals surface area contributed by atoms with Gasteiger partial charge >= 0.3 is 11.9 Å². The molecule has 0 aliphatic heterocycles. The third-order valence-electron chi connectivity index (χ3n) is 1.22. The fourth-order valence-corrected chi connectivity index (χ4v) is 0.635. The molecule has 0 aliphatic carbocycles. The van der Waals surface area contributed by atoms with Crippen LogP contribution in [0.1, 0.15) is 27.7 Å². The molecule has 5 heteroatoms. The van der Waals surface area contributed by atoms with E-state index in [1.807, 2.05) is 0 Å². The van der Waals surface area contributed by atoms with Crippen molar-refractivity contribution in [1.29, 1.82) is 0 Å². The van der Waals surface area contributed by atoms with Gasteiger partial charge in [-0.3, -0.25) is 0 Å². The molecule has 82 valence electrons. The van der Waals surface area contributed by atoms with Crippen LogP contribution in [0.5, 0.6) is 0 Å². The summed E-state index contributed by atoms with van der Waals surface area (Å²) in [6.45, 7) is 6.19. The number of hydrogen-bond donors (Lipinski definition) is 1. The molecule has 0 fully saturated rings. The minimum absolute atomic E-state index is 0.343. The van der Waals surface area contributed by atoms with E-state index in [1.54, 1.807) is 20.8 Å². The fourth-order valence-electron chi connectivity index (χ4n) is 0.635. The molecule has 0 spiro atoms. The van der Waals surface area contributed by atoms with Crippen molar-refractivity contribution in [3.8, 4) is 0 Å². The second-order valence-electron chi connectivity index (χ2n) is 3.88. The molecule has 0 aromatic carbocycles. The Kier molecular flexibility index (Phi) is 4.56. The average Bonchev–Trinajstić information content (AvgIpc) is 1.96. The first kappa shape index (κ1) is 12.9. The molecule has 0 rings (SSSR count). The molecule has 0 bridgehead atoms. The van der Waals surface area contributed by atoms with E-state index in [4.69, 9.17) is 14.6 Å². The Labute approximate surface area is 83.0 Å². The predicted molar refractivity (Wildman–Crippen MR) is 48.9 cm³/mol. The van der Waals surface area contributed by atoms with Crippen LogP contribution in [-0.4, -0.2) is 35.4 Å². The largest absolute Gasteiger partial charge is 0.479 e. The van der Waals surface area contributed by atoms with Crippen molar-refractivity contribution in [1.82, 2.24) is 0 Å². The molecule has 0 aliphatic rings. The first-order valence-electron chi connectivity index (χ1n) is 4.28. The normalized spacial score (nSPS) is 13.4. The highest BCUT2D eigenvalue weighted by Crippen LogP contribution is 2.07. The first-order valence-corrected chi connectivity index (χ1v) is 4.28. The molecule has 1 atom stereocenters. The van der Waals surface area contributed by atoms with Gasteiger partial charge in [0.15, 0.2) is 6.10 Å². The number of carbonyl (C=O) groups excluding carboxylic acids is 1. The summed E-state index contributed by atoms with van der Waals surface area (Å²) in [5.74, 6) is -1.67. The van der Waals surface area contributed by atoms with Crippen LogP contribution in [0.25, 0.3) is 0 Å². The Balaban J connectivity index is 3.81. The van der Waals surface area contributed by atoms with Gasteiger partial charge in [0.2, 0.25) is 0 Å². The van der Waals surface area contributed by atoms with Crippen LogP contribution >= 0.6 is 0 Å². The summed E-state index contributed by atoms with van der Waals surface area (Å²) < 4.78 is 9.65. The van der Waals surface area contributed by atoms with Crippen molar-refractivity contribution < 1.29 is 24.2 Å². The van der Waals surface area contributed by atoms with Gasteiger partial charge in [0.05, 0.1) is 0 Å². The second-order valence-corrected chi connectivity index (χ2v) is 3.88. The second kappa shape index (κ2) is 4.95. The number of carboxylic acid groups (broad SMARTS) is 1. The maximum Gasteiger partial charge on any atom is 0.332 e. The topological polar surface area (TPSA) is 72.8 Å². The Morgan fingerprint density at radius 2 is 1.86 bits per heavy atom. The lowest BCUT2D eigenvalue weighted by Gasteiger charge is -2.19. The lowest BCUT2D eigenvalue weighted by atomic mass is 10.2. The van der Waals surface area contributed by atoms with Crippen LogP contribution in [0.3, 0.4) is 0 Å². The molecule has 0 aromatic heterocycles. The van der Waals surface area contributed by atoms with Crippen LogP contribution in [0.2, 0.25) is 0 Å². The molecule has 0 saturated heterocycles. The molecule has 0 heterocycles. The Bertz CT molecular complexity index is 216. The Hall–Kier alpha value is -1.10. The van der Waals surface area contributed by atoms with Gasteiger partial charge in [0.1, 0.15) is 12.2 Å². The lowest BCUT2D eigenvalue weighted by Crippen LogP contribution is -2.29. The third-order valence-corrected chi connectivity index (χ3v) is 1.22. The quantitative estimate of drug-likeness (QED) is 0.686. The van der Waals surface area contributed by atoms with E-state index in [2.05, 4.69) is 0 Å². The van der Waals surface area contributed by atoms with E-state index in [0.717, 1.165) is 0 Å². The van der Waals surface area contributed by atoms with Gasteiger partial charge in [-0.1, -0.05) is 0 Å². The third kappa shape index (κ3) is 6.42. The molecular weight excluding hydrogens is 188 g/mol. The van der Waals surface area contributed by atoms with Crippen molar-refractivity contribution in [2.45, 2.75) is 39.4 Å². The smallest absolute Gasteiger partial charge is 0.332 e. The molecule has 0 amide bonds. The average molecular weight is 204 g/mol. The number of aliphatic carboxylic acids is 1. The highest BCUT2D eigenvalue weighted by atomic mass is 16.6. The van der Waals surface area contributed by atoms with Gasteiger partial charge in [-0.2, -0.15) is 0 Å². The molecule has 1 unspecified atom stereocenters. The molecule has 5 nitrogen and oxygen atoms in total. The Morgan fingerprint density at radius 1 is 1.36 bits per heavy atom. The summed E-state index contributed by atoms with van der Waals surface area (Å²) in [4.78, 5) is 21.4. The summed E-state index contributed by atoms with van der Waals surface area (Å²) in [6, 6.07) is 0. The maximum absolute atomic E-state index is 11.0. The Morgan fingerprint density at radius 3 is 2.21 bits per heavy atom. The van der Waals surface area contributed by atoms with Crippen LogP contribution < -0.4 is 0 Å². The number of ether oxygens (including phenoxy) is 2. The fraction of sp³-hybridized carbons (Fsp3) is 0.778. The number of carbonyl (C=O) groups is 2. The summed E-state index contributed by atoms with van der Waals surface area (Å²) in [5.41, 5.74) is -0.576. The minimum atomic E-state index is -1.10. The highest BCUT2D eigenvalue weighted by molar-refractivity contribution is 5.74. The van der Waals surface area contributed by atoms with Crippen molar-refractivity contribution >= 4 is 11.9 Å². The molecule has 0 saturated carbocycles. The molecular formula is C9H16O5. The van der Waals surface area contributed by atoms with E-state index in [9.17, 15) is 9.59 Å². The number of carboxylic acids is 1. The standard InChI is InChI=1S/C9H16O5/c1-6(8(11)12)13-5-7(10)14-9(2,3)4/h6H,5H2,1-4H3,(H,11,12). The van der Waals surface area contributed by atoms with E-state index < -0.39 is 23.6 Å². The van der Waals surface area contributed by atoms with Gasteiger partial charge < -0.3 is 14.6 Å². The SMILES string of the molecule is CC(OCC(=O)OC(C)(C)C)C(=O)O. The maximum atomic E-state index is 11.0. The molecule has 0 aromatic rings. The molecule has 1 N–H and O–H groups in total. The number of hydrogen-bond acceptors (Lipinski definition) is 4. The van der Waals surface area contributed by atoms with E-state index in [-0.39, 0.29) is 6.61 Å². The van der Waals surface area contributed by atoms with Gasteiger partial charge in [-0.25, -0.2) is 9.59 Å². The van der Waals surface area contributed by atoms with E-state index >= 15 is 0 Å². The van der Waals surface area contributed by atoms with Gasteiger partial charge in [0.25, 0.3) is 0 Å². The minimum Gasteiger partial charge on any atom is -0.479 e. The summed E-state index contributed by atoms with van der Waals surface area (Å²) >= 11 is 0. The number of esters is 1. The number of rotatable bonds is 4. The summed E-state index contributed by atoms with van der Waals surface area (Å²) in [6.07, 6.45) is -0.998. The van der Waals surface area contributed by atoms with Crippen LogP contribution in [0, 0.1) is 0 Å². The lowest BCUT2D eigenvalue weighted by molar-refractivity contribution is -0.165. The predicted octanol–water partition coefficient (Wildman–Crippen LogP) is 0.818. The van der Waals surface area contributed by atoms with Crippen molar-refractivity contribution in [3.05, 3.63) is 0 Å². The zero-order valence-corrected chi connectivity index (χ0v) is 8.86. The van der Waals surface area contributed by atoms with Crippen molar-refractivity contribution in [3.63, 3.8) is 0 Å². The van der Waals surface area contributed by atoms with Crippen molar-refractivity contribution in [2.75, 3.05) is 6.61 Å². The van der Waals surface area contributed by atoms with E-state index in [1.165, 1.54) is 6.92 Å². The van der Waals surface area contributed by atoms with Gasteiger partial charge in [-0.05, 0) is 27.7 Å². The van der Waals surface area contributed by atoms with Gasteiger partial charge in [0, 0.05) is 0 Å². The van der Waals surface area contributed by atoms with E-state index in [0.29, 0.717) is 0 Å². The van der Waals surface area contributed by atoms with Crippen LogP contribution in [-0.2, 0) is 19.1 Å². The monoisotopic (exact) mass is 204 g/mol.